The molecule has 0 saturated heterocycles. The molecular weight excluding hydrogens is 160 g/mol. The van der Waals surface area contributed by atoms with Crippen LogP contribution in [0.2, 0.25) is 0 Å². The first-order valence-electron chi connectivity index (χ1n) is 4.90. The summed E-state index contributed by atoms with van der Waals surface area (Å²) in [6.45, 7) is 4.58. The monoisotopic (exact) mass is 178 g/mol. The minimum absolute atomic E-state index is 0.289. The van der Waals surface area contributed by atoms with Crippen molar-refractivity contribution in [3.8, 4) is 0 Å². The highest BCUT2D eigenvalue weighted by Crippen LogP contribution is 2.22. The Balaban J connectivity index is 2.53. The van der Waals surface area contributed by atoms with Gasteiger partial charge < -0.3 is 5.11 Å². The van der Waals surface area contributed by atoms with Gasteiger partial charge >= 0.3 is 0 Å². The van der Waals surface area contributed by atoms with Gasteiger partial charge in [-0.15, -0.1) is 0 Å². The van der Waals surface area contributed by atoms with Gasteiger partial charge in [-0.3, -0.25) is 0 Å². The Hall–Kier alpha value is -0.820. The Labute approximate surface area is 80.4 Å². The van der Waals surface area contributed by atoms with Gasteiger partial charge in [0.25, 0.3) is 0 Å². The summed E-state index contributed by atoms with van der Waals surface area (Å²) in [7, 11) is 0. The molecule has 0 unspecified atom stereocenters. The van der Waals surface area contributed by atoms with Gasteiger partial charge in [-0.1, -0.05) is 44.2 Å². The largest absolute Gasteiger partial charge is 0.396 e. The number of hydrogen-bond donors (Lipinski definition) is 1. The third-order valence-electron chi connectivity index (χ3n) is 2.44. The van der Waals surface area contributed by atoms with E-state index in [0.29, 0.717) is 11.8 Å². The predicted octanol–water partition coefficient (Wildman–Crippen LogP) is 2.81. The molecule has 1 rings (SSSR count). The van der Waals surface area contributed by atoms with Gasteiger partial charge in [0.05, 0.1) is 0 Å². The number of rotatable bonds is 4. The Bertz CT molecular complexity index is 230. The smallest absolute Gasteiger partial charge is 0.0456 e. The normalized spacial score (nSPS) is 15.3. The molecule has 0 aliphatic carbocycles. The molecule has 13 heavy (non-hydrogen) atoms. The summed E-state index contributed by atoms with van der Waals surface area (Å²) in [5.41, 5.74) is 1.36. The fourth-order valence-corrected chi connectivity index (χ4v) is 1.60. The molecule has 0 aliphatic heterocycles. The fourth-order valence-electron chi connectivity index (χ4n) is 1.60. The van der Waals surface area contributed by atoms with Crippen molar-refractivity contribution in [1.82, 2.24) is 0 Å². The Morgan fingerprint density at radius 3 is 2.31 bits per heavy atom. The molecule has 0 saturated carbocycles. The fraction of sp³-hybridized carbons (Fsp3) is 0.500. The second kappa shape index (κ2) is 5.03. The molecule has 0 bridgehead atoms. The van der Waals surface area contributed by atoms with Crippen LogP contribution in [0.4, 0.5) is 0 Å². The molecule has 1 aromatic rings. The van der Waals surface area contributed by atoms with Gasteiger partial charge in [0.15, 0.2) is 0 Å². The van der Waals surface area contributed by atoms with Crippen LogP contribution in [-0.2, 0) is 0 Å². The summed E-state index contributed by atoms with van der Waals surface area (Å²) < 4.78 is 0. The Morgan fingerprint density at radius 1 is 1.15 bits per heavy atom. The number of hydrogen-bond acceptors (Lipinski definition) is 1. The molecule has 0 aromatic heterocycles. The summed E-state index contributed by atoms with van der Waals surface area (Å²) in [6, 6.07) is 10.5. The average molecular weight is 178 g/mol. The van der Waals surface area contributed by atoms with E-state index in [4.69, 9.17) is 5.11 Å². The maximum Gasteiger partial charge on any atom is 0.0456 e. The summed E-state index contributed by atoms with van der Waals surface area (Å²) in [5.74, 6) is 0.943. The van der Waals surface area contributed by atoms with E-state index < -0.39 is 0 Å². The van der Waals surface area contributed by atoms with Gasteiger partial charge in [-0.25, -0.2) is 0 Å². The maximum atomic E-state index is 8.93. The van der Waals surface area contributed by atoms with Crippen molar-refractivity contribution < 1.29 is 5.11 Å². The molecule has 72 valence electrons. The molecule has 1 aromatic carbocycles. The number of aliphatic hydroxyl groups is 1. The van der Waals surface area contributed by atoms with E-state index in [0.717, 1.165) is 6.42 Å². The third-order valence-corrected chi connectivity index (χ3v) is 2.44. The van der Waals surface area contributed by atoms with Crippen LogP contribution in [0.1, 0.15) is 31.7 Å². The lowest BCUT2D eigenvalue weighted by Crippen LogP contribution is -2.05. The molecule has 0 heterocycles. The van der Waals surface area contributed by atoms with Crippen LogP contribution in [-0.4, -0.2) is 11.7 Å². The van der Waals surface area contributed by atoms with Crippen molar-refractivity contribution in [1.29, 1.82) is 0 Å². The second-order valence-corrected chi connectivity index (χ2v) is 3.84. The van der Waals surface area contributed by atoms with Gasteiger partial charge in [0.1, 0.15) is 0 Å². The number of benzene rings is 1. The summed E-state index contributed by atoms with van der Waals surface area (Å²) in [6.07, 6.45) is 1.06. The lowest BCUT2D eigenvalue weighted by atomic mass is 9.92. The van der Waals surface area contributed by atoms with Gasteiger partial charge in [0.2, 0.25) is 0 Å². The molecule has 0 aliphatic rings. The first kappa shape index (κ1) is 10.3. The molecule has 0 fully saturated rings. The van der Waals surface area contributed by atoms with E-state index >= 15 is 0 Å². The quantitative estimate of drug-likeness (QED) is 0.751. The van der Waals surface area contributed by atoms with Crippen molar-refractivity contribution in [2.45, 2.75) is 26.2 Å². The summed E-state index contributed by atoms with van der Waals surface area (Å²) in [4.78, 5) is 0. The van der Waals surface area contributed by atoms with Gasteiger partial charge in [-0.2, -0.15) is 0 Å². The molecular formula is C12H18O. The van der Waals surface area contributed by atoms with Crippen LogP contribution in [0.3, 0.4) is 0 Å². The van der Waals surface area contributed by atoms with Crippen molar-refractivity contribution in [2.75, 3.05) is 6.61 Å². The Kier molecular flexibility index (Phi) is 3.97. The lowest BCUT2D eigenvalue weighted by Gasteiger charge is -2.15. The van der Waals surface area contributed by atoms with Crippen LogP contribution in [0, 0.1) is 5.92 Å². The van der Waals surface area contributed by atoms with Crippen molar-refractivity contribution >= 4 is 0 Å². The lowest BCUT2D eigenvalue weighted by molar-refractivity contribution is 0.225. The predicted molar refractivity (Wildman–Crippen MR) is 55.7 cm³/mol. The van der Waals surface area contributed by atoms with Crippen LogP contribution in [0.5, 0.6) is 0 Å². The molecule has 0 radical (unpaired) electrons. The summed E-state index contributed by atoms with van der Waals surface area (Å²) >= 11 is 0. The van der Waals surface area contributed by atoms with E-state index in [1.54, 1.807) is 0 Å². The molecule has 0 amide bonds. The van der Waals surface area contributed by atoms with E-state index in [-0.39, 0.29) is 6.61 Å². The molecule has 0 spiro atoms. The standard InChI is InChI=1S/C12H18O/c1-10(9-13)8-11(2)12-6-4-3-5-7-12/h3-7,10-11,13H,8-9H2,1-2H3/t10-,11+/m0/s1. The van der Waals surface area contributed by atoms with Crippen LogP contribution in [0.25, 0.3) is 0 Å². The van der Waals surface area contributed by atoms with Crippen LogP contribution in [0.15, 0.2) is 30.3 Å². The number of aliphatic hydroxyl groups excluding tert-OH is 1. The van der Waals surface area contributed by atoms with Gasteiger partial charge in [0, 0.05) is 6.61 Å². The molecule has 1 N–H and O–H groups in total. The SMILES string of the molecule is C[C@H](CO)C[C@@H](C)c1ccccc1. The summed E-state index contributed by atoms with van der Waals surface area (Å²) in [5, 5.41) is 8.93. The van der Waals surface area contributed by atoms with E-state index in [1.807, 2.05) is 6.07 Å². The highest BCUT2D eigenvalue weighted by molar-refractivity contribution is 5.18. The highest BCUT2D eigenvalue weighted by Gasteiger charge is 2.08. The van der Waals surface area contributed by atoms with Crippen molar-refractivity contribution in [3.63, 3.8) is 0 Å². The Morgan fingerprint density at radius 2 is 1.77 bits per heavy atom. The minimum Gasteiger partial charge on any atom is -0.396 e. The van der Waals surface area contributed by atoms with E-state index in [1.165, 1.54) is 5.56 Å². The second-order valence-electron chi connectivity index (χ2n) is 3.84. The third kappa shape index (κ3) is 3.19. The zero-order valence-corrected chi connectivity index (χ0v) is 8.40. The molecule has 1 nitrogen and oxygen atoms in total. The average Bonchev–Trinajstić information content (AvgIpc) is 2.19. The van der Waals surface area contributed by atoms with E-state index in [2.05, 4.69) is 38.1 Å². The first-order valence-corrected chi connectivity index (χ1v) is 4.90. The van der Waals surface area contributed by atoms with E-state index in [9.17, 15) is 0 Å². The van der Waals surface area contributed by atoms with Crippen molar-refractivity contribution in [2.24, 2.45) is 5.92 Å². The zero-order valence-electron chi connectivity index (χ0n) is 8.40. The van der Waals surface area contributed by atoms with Crippen molar-refractivity contribution in [3.05, 3.63) is 35.9 Å². The minimum atomic E-state index is 0.289. The van der Waals surface area contributed by atoms with Crippen LogP contribution < -0.4 is 0 Å². The molecule has 2 atom stereocenters. The maximum absolute atomic E-state index is 8.93. The topological polar surface area (TPSA) is 20.2 Å². The first-order chi connectivity index (χ1) is 6.24. The van der Waals surface area contributed by atoms with Gasteiger partial charge in [-0.05, 0) is 23.8 Å². The van der Waals surface area contributed by atoms with Crippen LogP contribution >= 0.6 is 0 Å². The highest BCUT2D eigenvalue weighted by atomic mass is 16.3. The molecule has 1 heteroatoms. The zero-order chi connectivity index (χ0) is 9.68.